The smallest absolute Gasteiger partial charge is 0.277 e. The third-order valence-corrected chi connectivity index (χ3v) is 5.31. The van der Waals surface area contributed by atoms with Crippen LogP contribution < -0.4 is 15.0 Å². The van der Waals surface area contributed by atoms with Gasteiger partial charge < -0.3 is 19.1 Å². The lowest BCUT2D eigenvalue weighted by Gasteiger charge is -2.26. The quantitative estimate of drug-likeness (QED) is 0.567. The highest BCUT2D eigenvalue weighted by Gasteiger charge is 2.23. The van der Waals surface area contributed by atoms with Gasteiger partial charge in [0.1, 0.15) is 12.1 Å². The maximum Gasteiger partial charge on any atom is 0.277 e. The van der Waals surface area contributed by atoms with E-state index in [1.165, 1.54) is 4.52 Å². The summed E-state index contributed by atoms with van der Waals surface area (Å²) in [5.41, 5.74) is 3.26. The SMILES string of the molecule is Cc1ccc(-c2nn3ccn(C[C@H]4COc5ccccc5O4)c(=O)c3c2CO)cc1. The van der Waals surface area contributed by atoms with Crippen molar-refractivity contribution in [2.45, 2.75) is 26.2 Å². The van der Waals surface area contributed by atoms with Crippen LogP contribution in [-0.2, 0) is 13.2 Å². The van der Waals surface area contributed by atoms with Gasteiger partial charge in [0.05, 0.1) is 18.8 Å². The van der Waals surface area contributed by atoms with Gasteiger partial charge in [-0.25, -0.2) is 4.52 Å². The fourth-order valence-corrected chi connectivity index (χ4v) is 3.76. The molecular formula is C23H21N3O4. The monoisotopic (exact) mass is 403 g/mol. The van der Waals surface area contributed by atoms with Crippen LogP contribution in [0.25, 0.3) is 16.8 Å². The standard InChI is InChI=1S/C23H21N3O4/c1-15-6-8-16(9-7-15)21-18(13-27)22-23(28)25(10-11-26(22)24-21)12-17-14-29-19-4-2-3-5-20(19)30-17/h2-11,17,27H,12-14H2,1H3/t17-/m0/s1. The Labute approximate surface area is 172 Å². The minimum absolute atomic E-state index is 0.227. The van der Waals surface area contributed by atoms with E-state index in [9.17, 15) is 9.90 Å². The first-order valence-corrected chi connectivity index (χ1v) is 9.81. The number of aliphatic hydroxyl groups is 1. The number of rotatable bonds is 4. The molecule has 1 aliphatic heterocycles. The van der Waals surface area contributed by atoms with Crippen LogP contribution in [-0.4, -0.2) is 32.0 Å². The Morgan fingerprint density at radius 2 is 1.87 bits per heavy atom. The molecule has 2 aromatic carbocycles. The summed E-state index contributed by atoms with van der Waals surface area (Å²) in [5.74, 6) is 1.38. The van der Waals surface area contributed by atoms with Gasteiger partial charge >= 0.3 is 0 Å². The van der Waals surface area contributed by atoms with Crippen molar-refractivity contribution in [3.8, 4) is 22.8 Å². The van der Waals surface area contributed by atoms with Crippen LogP contribution in [0.5, 0.6) is 11.5 Å². The largest absolute Gasteiger partial charge is 0.486 e. The van der Waals surface area contributed by atoms with Gasteiger partial charge in [0.15, 0.2) is 17.6 Å². The predicted molar refractivity (Wildman–Crippen MR) is 112 cm³/mol. The minimum Gasteiger partial charge on any atom is -0.486 e. The second-order valence-corrected chi connectivity index (χ2v) is 7.40. The van der Waals surface area contributed by atoms with Crippen LogP contribution in [0.1, 0.15) is 11.1 Å². The summed E-state index contributed by atoms with van der Waals surface area (Å²) in [7, 11) is 0. The van der Waals surface area contributed by atoms with Crippen molar-refractivity contribution in [3.05, 3.63) is 82.4 Å². The summed E-state index contributed by atoms with van der Waals surface area (Å²) in [5, 5.41) is 14.6. The minimum atomic E-state index is -0.294. The third-order valence-electron chi connectivity index (χ3n) is 5.31. The van der Waals surface area contributed by atoms with Crippen LogP contribution in [0.3, 0.4) is 0 Å². The number of aliphatic hydroxyl groups excluding tert-OH is 1. The molecular weight excluding hydrogens is 382 g/mol. The number of aromatic nitrogens is 3. The molecule has 7 heteroatoms. The summed E-state index contributed by atoms with van der Waals surface area (Å²) in [4.78, 5) is 13.2. The van der Waals surface area contributed by atoms with E-state index in [0.29, 0.717) is 41.4 Å². The zero-order valence-corrected chi connectivity index (χ0v) is 16.5. The van der Waals surface area contributed by atoms with Crippen molar-refractivity contribution in [2.75, 3.05) is 6.61 Å². The number of hydrogen-bond acceptors (Lipinski definition) is 5. The first kappa shape index (κ1) is 18.4. The summed E-state index contributed by atoms with van der Waals surface area (Å²) in [6.07, 6.45) is 3.12. The van der Waals surface area contributed by atoms with E-state index in [1.807, 2.05) is 55.5 Å². The molecule has 30 heavy (non-hydrogen) atoms. The number of hydrogen-bond donors (Lipinski definition) is 1. The van der Waals surface area contributed by atoms with Crippen LogP contribution >= 0.6 is 0 Å². The second kappa shape index (κ2) is 7.35. The van der Waals surface area contributed by atoms with Crippen molar-refractivity contribution < 1.29 is 14.6 Å². The van der Waals surface area contributed by atoms with Gasteiger partial charge in [0.25, 0.3) is 5.56 Å². The van der Waals surface area contributed by atoms with E-state index in [-0.39, 0.29) is 18.3 Å². The molecule has 1 aliphatic rings. The van der Waals surface area contributed by atoms with Crippen LogP contribution in [0.2, 0.25) is 0 Å². The summed E-state index contributed by atoms with van der Waals surface area (Å²) in [6.45, 7) is 2.42. The van der Waals surface area contributed by atoms with Gasteiger partial charge in [0.2, 0.25) is 0 Å². The normalized spacial score (nSPS) is 15.5. The summed E-state index contributed by atoms with van der Waals surface area (Å²) >= 11 is 0. The van der Waals surface area contributed by atoms with Crippen LogP contribution in [0, 0.1) is 6.92 Å². The molecule has 1 atom stereocenters. The van der Waals surface area contributed by atoms with E-state index in [2.05, 4.69) is 5.10 Å². The Kier molecular flexibility index (Phi) is 4.52. The second-order valence-electron chi connectivity index (χ2n) is 7.40. The Morgan fingerprint density at radius 1 is 1.10 bits per heavy atom. The first-order chi connectivity index (χ1) is 14.6. The average molecular weight is 403 g/mol. The maximum atomic E-state index is 13.2. The topological polar surface area (TPSA) is 78.0 Å². The number of para-hydroxylation sites is 2. The molecule has 1 N–H and O–H groups in total. The van der Waals surface area contributed by atoms with Crippen molar-refractivity contribution >= 4 is 5.52 Å². The molecule has 152 valence electrons. The van der Waals surface area contributed by atoms with E-state index in [0.717, 1.165) is 11.1 Å². The fourth-order valence-electron chi connectivity index (χ4n) is 3.76. The first-order valence-electron chi connectivity index (χ1n) is 9.81. The summed E-state index contributed by atoms with van der Waals surface area (Å²) in [6, 6.07) is 15.3. The molecule has 0 saturated carbocycles. The molecule has 2 aromatic heterocycles. The Morgan fingerprint density at radius 3 is 2.63 bits per heavy atom. The van der Waals surface area contributed by atoms with Gasteiger partial charge in [-0.1, -0.05) is 42.0 Å². The highest BCUT2D eigenvalue weighted by molar-refractivity contribution is 5.72. The Balaban J connectivity index is 1.51. The molecule has 4 aromatic rings. The van der Waals surface area contributed by atoms with E-state index in [4.69, 9.17) is 9.47 Å². The van der Waals surface area contributed by atoms with Crippen LogP contribution in [0.4, 0.5) is 0 Å². The Hall–Kier alpha value is -3.58. The molecule has 0 fully saturated rings. The van der Waals surface area contributed by atoms with Gasteiger partial charge in [-0.05, 0) is 19.1 Å². The molecule has 0 aliphatic carbocycles. The van der Waals surface area contributed by atoms with Gasteiger partial charge in [0, 0.05) is 23.5 Å². The molecule has 3 heterocycles. The van der Waals surface area contributed by atoms with E-state index >= 15 is 0 Å². The lowest BCUT2D eigenvalue weighted by Crippen LogP contribution is -2.36. The molecule has 0 saturated heterocycles. The summed E-state index contributed by atoms with van der Waals surface area (Å²) < 4.78 is 14.9. The molecule has 0 amide bonds. The van der Waals surface area contributed by atoms with Crippen molar-refractivity contribution in [3.63, 3.8) is 0 Å². The average Bonchev–Trinajstić information content (AvgIpc) is 3.15. The van der Waals surface area contributed by atoms with Crippen LogP contribution in [0.15, 0.2) is 65.7 Å². The third kappa shape index (κ3) is 3.13. The van der Waals surface area contributed by atoms with Crippen molar-refractivity contribution in [2.24, 2.45) is 0 Å². The maximum absolute atomic E-state index is 13.2. The van der Waals surface area contributed by atoms with Gasteiger partial charge in [-0.15, -0.1) is 0 Å². The van der Waals surface area contributed by atoms with Gasteiger partial charge in [-0.3, -0.25) is 4.79 Å². The number of benzene rings is 2. The highest BCUT2D eigenvalue weighted by Crippen LogP contribution is 2.31. The lowest BCUT2D eigenvalue weighted by molar-refractivity contribution is 0.0778. The molecule has 0 radical (unpaired) electrons. The number of fused-ring (bicyclic) bond motifs is 2. The Bertz CT molecular complexity index is 1270. The molecule has 0 bridgehead atoms. The fraction of sp³-hybridized carbons (Fsp3) is 0.217. The van der Waals surface area contributed by atoms with E-state index in [1.54, 1.807) is 17.0 Å². The lowest BCUT2D eigenvalue weighted by atomic mass is 10.1. The number of nitrogens with zero attached hydrogens (tertiary/aromatic N) is 3. The zero-order chi connectivity index (χ0) is 20.7. The number of ether oxygens (including phenoxy) is 2. The highest BCUT2D eigenvalue weighted by atomic mass is 16.6. The predicted octanol–water partition coefficient (Wildman–Crippen LogP) is 2.80. The molecule has 7 nitrogen and oxygen atoms in total. The zero-order valence-electron chi connectivity index (χ0n) is 16.5. The van der Waals surface area contributed by atoms with Crippen molar-refractivity contribution in [1.29, 1.82) is 0 Å². The molecule has 0 unspecified atom stereocenters. The number of aryl methyl sites for hydroxylation is 1. The molecule has 5 rings (SSSR count). The molecule has 0 spiro atoms. The van der Waals surface area contributed by atoms with E-state index < -0.39 is 0 Å². The van der Waals surface area contributed by atoms with Gasteiger partial charge in [-0.2, -0.15) is 5.10 Å². The van der Waals surface area contributed by atoms with Crippen molar-refractivity contribution in [1.82, 2.24) is 14.2 Å².